The molecule has 0 spiro atoms. The van der Waals surface area contributed by atoms with Gasteiger partial charge in [0.15, 0.2) is 0 Å². The molecule has 0 bridgehead atoms. The van der Waals surface area contributed by atoms with Crippen molar-refractivity contribution in [2.75, 3.05) is 0 Å². The summed E-state index contributed by atoms with van der Waals surface area (Å²) in [4.78, 5) is 41.8. The van der Waals surface area contributed by atoms with Gasteiger partial charge in [0.1, 0.15) is 23.3 Å². The molecule has 0 aliphatic heterocycles. The number of nitrogens with two attached hydrogens (primary N) is 1. The van der Waals surface area contributed by atoms with E-state index in [2.05, 4.69) is 31.5 Å². The zero-order valence-electron chi connectivity index (χ0n) is 18.3. The van der Waals surface area contributed by atoms with Crippen molar-refractivity contribution in [1.82, 2.24) is 15.6 Å². The number of hydrogen-bond acceptors (Lipinski definition) is 5. The van der Waals surface area contributed by atoms with Crippen LogP contribution in [0.5, 0.6) is 0 Å². The Morgan fingerprint density at radius 1 is 0.853 bits per heavy atom. The Balaban J connectivity index is 1.70. The monoisotopic (exact) mass is 524 g/mol. The van der Waals surface area contributed by atoms with Crippen molar-refractivity contribution in [1.29, 1.82) is 0 Å². The van der Waals surface area contributed by atoms with E-state index < -0.39 is 30.0 Å². The van der Waals surface area contributed by atoms with E-state index in [1.54, 1.807) is 18.3 Å². The number of nitrogens with zero attached hydrogens (tertiary/aromatic N) is 1. The Bertz CT molecular complexity index is 1110. The molecule has 176 valence electrons. The second-order valence-electron chi connectivity index (χ2n) is 7.57. The average molecular weight is 525 g/mol. The van der Waals surface area contributed by atoms with E-state index in [1.165, 1.54) is 0 Å². The highest BCUT2D eigenvalue weighted by atomic mass is 79.9. The van der Waals surface area contributed by atoms with E-state index in [0.717, 1.165) is 11.1 Å². The quantitative estimate of drug-likeness (QED) is 0.352. The van der Waals surface area contributed by atoms with Crippen molar-refractivity contribution in [3.8, 4) is 0 Å². The van der Waals surface area contributed by atoms with E-state index in [-0.39, 0.29) is 19.4 Å². The fourth-order valence-corrected chi connectivity index (χ4v) is 3.66. The summed E-state index contributed by atoms with van der Waals surface area (Å²) in [5.74, 6) is -1.25. The van der Waals surface area contributed by atoms with E-state index >= 15 is 0 Å². The van der Waals surface area contributed by atoms with Crippen molar-refractivity contribution in [2.24, 2.45) is 5.73 Å². The fraction of sp³-hybridized carbons (Fsp3) is 0.200. The first-order valence-corrected chi connectivity index (χ1v) is 11.4. The molecule has 8 nitrogen and oxygen atoms in total. The molecule has 3 amide bonds. The molecule has 0 aliphatic rings. The van der Waals surface area contributed by atoms with Crippen LogP contribution in [0.3, 0.4) is 0 Å². The molecule has 2 aromatic carbocycles. The normalized spacial score (nSPS) is 12.3. The molecule has 3 aromatic rings. The largest absolute Gasteiger partial charge is 0.445 e. The first kappa shape index (κ1) is 24.9. The highest BCUT2D eigenvalue weighted by molar-refractivity contribution is 9.10. The summed E-state index contributed by atoms with van der Waals surface area (Å²) in [5.41, 5.74) is 7.90. The number of halogens is 1. The second-order valence-corrected chi connectivity index (χ2v) is 8.32. The van der Waals surface area contributed by atoms with Gasteiger partial charge in [0.25, 0.3) is 0 Å². The van der Waals surface area contributed by atoms with Crippen LogP contribution in [0, 0.1) is 0 Å². The molecule has 1 heterocycles. The molecule has 0 saturated heterocycles. The Hall–Kier alpha value is -3.72. The molecule has 0 fully saturated rings. The van der Waals surface area contributed by atoms with Crippen molar-refractivity contribution < 1.29 is 19.1 Å². The first-order chi connectivity index (χ1) is 16.4. The number of benzene rings is 2. The van der Waals surface area contributed by atoms with Gasteiger partial charge in [0.2, 0.25) is 11.8 Å². The number of primary amides is 1. The predicted octanol–water partition coefficient (Wildman–Crippen LogP) is 2.89. The second kappa shape index (κ2) is 12.5. The molecule has 9 heteroatoms. The van der Waals surface area contributed by atoms with Gasteiger partial charge >= 0.3 is 6.09 Å². The van der Waals surface area contributed by atoms with Gasteiger partial charge in [0.05, 0.1) is 0 Å². The molecule has 2 atom stereocenters. The number of carbonyl (C=O) groups is 3. The fourth-order valence-electron chi connectivity index (χ4n) is 3.25. The lowest BCUT2D eigenvalue weighted by molar-refractivity contribution is -0.128. The Kier molecular flexibility index (Phi) is 9.16. The maximum atomic E-state index is 13.1. The molecule has 0 unspecified atom stereocenters. The van der Waals surface area contributed by atoms with Gasteiger partial charge in [-0.15, -0.1) is 0 Å². The Morgan fingerprint density at radius 3 is 2.12 bits per heavy atom. The number of aromatic nitrogens is 1. The van der Waals surface area contributed by atoms with Crippen LogP contribution in [0.4, 0.5) is 4.79 Å². The number of carbonyl (C=O) groups excluding carboxylic acids is 3. The molecule has 34 heavy (non-hydrogen) atoms. The van der Waals surface area contributed by atoms with E-state index in [0.29, 0.717) is 10.2 Å². The molecule has 1 aromatic heterocycles. The van der Waals surface area contributed by atoms with E-state index in [9.17, 15) is 14.4 Å². The number of nitrogens with one attached hydrogen (secondary N) is 2. The number of hydrogen-bond donors (Lipinski definition) is 3. The molecular formula is C25H25BrN4O4. The van der Waals surface area contributed by atoms with Gasteiger partial charge in [-0.3, -0.25) is 9.59 Å². The third-order valence-electron chi connectivity index (χ3n) is 5.02. The third-order valence-corrected chi connectivity index (χ3v) is 5.74. The third kappa shape index (κ3) is 7.70. The van der Waals surface area contributed by atoms with Crippen molar-refractivity contribution in [2.45, 2.75) is 31.5 Å². The van der Waals surface area contributed by atoms with Gasteiger partial charge in [-0.05, 0) is 38.7 Å². The first-order valence-electron chi connectivity index (χ1n) is 10.6. The number of alkyl carbamates (subject to hydrolysis) is 1. The standard InChI is InChI=1S/C25H25BrN4O4/c26-22-19(12-7-13-28-22)15-20(23(27)31)29-24(32)21(14-17-8-3-1-4-9-17)30-25(33)34-16-18-10-5-2-6-11-18/h1-13,20-21H,14-16H2,(H2,27,31)(H,29,32)(H,30,33)/t20-,21-/m0/s1. The molecule has 0 saturated carbocycles. The maximum absolute atomic E-state index is 13.1. The van der Waals surface area contributed by atoms with Crippen LogP contribution >= 0.6 is 15.9 Å². The van der Waals surface area contributed by atoms with Crippen LogP contribution in [0.1, 0.15) is 16.7 Å². The molecule has 0 radical (unpaired) electrons. The highest BCUT2D eigenvalue weighted by Crippen LogP contribution is 2.15. The summed E-state index contributed by atoms with van der Waals surface area (Å²) in [6.45, 7) is 0.0608. The van der Waals surface area contributed by atoms with E-state index in [1.807, 2.05) is 60.7 Å². The van der Waals surface area contributed by atoms with Gasteiger partial charge < -0.3 is 21.1 Å². The van der Waals surface area contributed by atoms with Crippen LogP contribution in [0.25, 0.3) is 0 Å². The molecular weight excluding hydrogens is 500 g/mol. The molecule has 3 rings (SSSR count). The average Bonchev–Trinajstić information content (AvgIpc) is 2.84. The maximum Gasteiger partial charge on any atom is 0.408 e. The Labute approximate surface area is 206 Å². The zero-order chi connectivity index (χ0) is 24.3. The number of amides is 3. The summed E-state index contributed by atoms with van der Waals surface area (Å²) in [6.07, 6.45) is 1.21. The summed E-state index contributed by atoms with van der Waals surface area (Å²) in [6, 6.07) is 19.9. The summed E-state index contributed by atoms with van der Waals surface area (Å²) in [5, 5.41) is 5.27. The molecule has 0 aliphatic carbocycles. The number of ether oxygens (including phenoxy) is 1. The van der Waals surface area contributed by atoms with Crippen molar-refractivity contribution >= 4 is 33.8 Å². The summed E-state index contributed by atoms with van der Waals surface area (Å²) < 4.78 is 5.83. The number of pyridine rings is 1. The smallest absolute Gasteiger partial charge is 0.408 e. The number of rotatable bonds is 10. The van der Waals surface area contributed by atoms with Crippen molar-refractivity contribution in [3.63, 3.8) is 0 Å². The van der Waals surface area contributed by atoms with Crippen molar-refractivity contribution in [3.05, 3.63) is 100 Å². The molecule has 4 N–H and O–H groups in total. The summed E-state index contributed by atoms with van der Waals surface area (Å²) >= 11 is 3.33. The lowest BCUT2D eigenvalue weighted by Gasteiger charge is -2.22. The lowest BCUT2D eigenvalue weighted by Crippen LogP contribution is -2.54. The lowest BCUT2D eigenvalue weighted by atomic mass is 10.0. The van der Waals surface area contributed by atoms with Gasteiger partial charge in [-0.1, -0.05) is 66.7 Å². The zero-order valence-corrected chi connectivity index (χ0v) is 19.9. The van der Waals surface area contributed by atoms with Crippen LogP contribution < -0.4 is 16.4 Å². The van der Waals surface area contributed by atoms with Crippen LogP contribution in [0.15, 0.2) is 83.6 Å². The van der Waals surface area contributed by atoms with Crippen LogP contribution in [-0.4, -0.2) is 35.0 Å². The minimum absolute atomic E-state index is 0.0608. The van der Waals surface area contributed by atoms with Gasteiger partial charge in [-0.25, -0.2) is 9.78 Å². The summed E-state index contributed by atoms with van der Waals surface area (Å²) in [7, 11) is 0. The SMILES string of the molecule is NC(=O)[C@H](Cc1cccnc1Br)NC(=O)[C@H](Cc1ccccc1)NC(=O)OCc1ccccc1. The van der Waals surface area contributed by atoms with Gasteiger partial charge in [0, 0.05) is 19.0 Å². The minimum atomic E-state index is -0.992. The van der Waals surface area contributed by atoms with Crippen LogP contribution in [0.2, 0.25) is 0 Å². The van der Waals surface area contributed by atoms with Gasteiger partial charge in [-0.2, -0.15) is 0 Å². The van der Waals surface area contributed by atoms with Crippen LogP contribution in [-0.2, 0) is 33.8 Å². The highest BCUT2D eigenvalue weighted by Gasteiger charge is 2.27. The minimum Gasteiger partial charge on any atom is -0.445 e. The topological polar surface area (TPSA) is 123 Å². The van der Waals surface area contributed by atoms with E-state index in [4.69, 9.17) is 10.5 Å². The Morgan fingerprint density at radius 2 is 1.50 bits per heavy atom. The predicted molar refractivity (Wildman–Crippen MR) is 130 cm³/mol.